The summed E-state index contributed by atoms with van der Waals surface area (Å²) in [5.74, 6) is -0.173. The molecule has 110 valence electrons. The van der Waals surface area contributed by atoms with Gasteiger partial charge in [-0.05, 0) is 37.1 Å². The minimum absolute atomic E-state index is 0.0331. The molecule has 0 aliphatic heterocycles. The number of nitrogens with two attached hydrogens (primary N) is 1. The van der Waals surface area contributed by atoms with E-state index in [1.54, 1.807) is 0 Å². The number of ether oxygens (including phenoxy) is 1. The lowest BCUT2D eigenvalue weighted by atomic mass is 10.3. The smallest absolute Gasteiger partial charge is 0.255 e. The third kappa shape index (κ3) is 3.94. The van der Waals surface area contributed by atoms with Crippen molar-refractivity contribution in [2.75, 3.05) is 6.61 Å². The minimum atomic E-state index is -3.49. The summed E-state index contributed by atoms with van der Waals surface area (Å²) in [6.07, 6.45) is 3.90. The summed E-state index contributed by atoms with van der Waals surface area (Å²) >= 11 is 0. The summed E-state index contributed by atoms with van der Waals surface area (Å²) in [6, 6.07) is 5.95. The van der Waals surface area contributed by atoms with Gasteiger partial charge in [0.1, 0.15) is 5.75 Å². The summed E-state index contributed by atoms with van der Waals surface area (Å²) in [5, 5.41) is 0. The van der Waals surface area contributed by atoms with Crippen LogP contribution in [0.3, 0.4) is 0 Å². The van der Waals surface area contributed by atoms with Gasteiger partial charge in [-0.15, -0.1) is 0 Å². The van der Waals surface area contributed by atoms with Crippen molar-refractivity contribution >= 4 is 15.9 Å². The van der Waals surface area contributed by atoms with E-state index in [-0.39, 0.29) is 17.5 Å². The zero-order valence-electron chi connectivity index (χ0n) is 11.0. The van der Waals surface area contributed by atoms with Crippen LogP contribution in [0.5, 0.6) is 5.75 Å². The maximum absolute atomic E-state index is 12.1. The van der Waals surface area contributed by atoms with E-state index >= 15 is 0 Å². The molecule has 3 N–H and O–H groups in total. The zero-order valence-corrected chi connectivity index (χ0v) is 11.9. The van der Waals surface area contributed by atoms with Gasteiger partial charge in [0.25, 0.3) is 5.91 Å². The molecule has 7 heteroatoms. The predicted octanol–water partition coefficient (Wildman–Crippen LogP) is 0.772. The van der Waals surface area contributed by atoms with Gasteiger partial charge in [-0.3, -0.25) is 4.79 Å². The predicted molar refractivity (Wildman–Crippen MR) is 73.7 cm³/mol. The molecule has 0 aromatic heterocycles. The van der Waals surface area contributed by atoms with Crippen LogP contribution in [0.2, 0.25) is 0 Å². The molecule has 0 radical (unpaired) electrons. The Bertz CT molecular complexity index is 563. The Labute approximate surface area is 118 Å². The highest BCUT2D eigenvalue weighted by Gasteiger charge is 2.22. The molecule has 2 rings (SSSR count). The second-order valence-electron chi connectivity index (χ2n) is 4.83. The molecule has 1 aromatic rings. The largest absolute Gasteiger partial charge is 0.484 e. The van der Waals surface area contributed by atoms with Gasteiger partial charge in [-0.25, -0.2) is 13.1 Å². The van der Waals surface area contributed by atoms with Crippen molar-refractivity contribution in [3.05, 3.63) is 24.3 Å². The number of primary amides is 1. The first-order valence-electron chi connectivity index (χ1n) is 6.51. The minimum Gasteiger partial charge on any atom is -0.484 e. The van der Waals surface area contributed by atoms with Crippen LogP contribution in [0.1, 0.15) is 25.7 Å². The Morgan fingerprint density at radius 2 is 1.85 bits per heavy atom. The zero-order chi connectivity index (χ0) is 14.6. The number of hydrogen-bond acceptors (Lipinski definition) is 4. The highest BCUT2D eigenvalue weighted by atomic mass is 32.2. The van der Waals surface area contributed by atoms with E-state index in [0.29, 0.717) is 5.75 Å². The van der Waals surface area contributed by atoms with Crippen LogP contribution in [0.4, 0.5) is 0 Å². The van der Waals surface area contributed by atoms with Gasteiger partial charge in [0, 0.05) is 6.04 Å². The molecule has 6 nitrogen and oxygen atoms in total. The molecular weight excluding hydrogens is 280 g/mol. The normalized spacial score (nSPS) is 16.2. The van der Waals surface area contributed by atoms with Crippen molar-refractivity contribution in [2.45, 2.75) is 36.6 Å². The summed E-state index contributed by atoms with van der Waals surface area (Å²) in [6.45, 7) is -0.230. The number of hydrogen-bond donors (Lipinski definition) is 2. The van der Waals surface area contributed by atoms with Gasteiger partial charge in [0.15, 0.2) is 6.61 Å². The molecule has 0 unspecified atom stereocenters. The standard InChI is InChI=1S/C13H18N2O4S/c14-13(16)9-19-11-5-7-12(8-6-11)20(17,18)15-10-3-1-2-4-10/h5-8,10,15H,1-4,9H2,(H2,14,16). The third-order valence-corrected chi connectivity index (χ3v) is 4.73. The van der Waals surface area contributed by atoms with Crippen LogP contribution in [-0.4, -0.2) is 27.0 Å². The SMILES string of the molecule is NC(=O)COc1ccc(S(=O)(=O)NC2CCCC2)cc1. The van der Waals surface area contributed by atoms with E-state index in [2.05, 4.69) is 4.72 Å². The number of carbonyl (C=O) groups is 1. The number of benzene rings is 1. The van der Waals surface area contributed by atoms with Crippen LogP contribution in [0, 0.1) is 0 Å². The number of nitrogens with one attached hydrogen (secondary N) is 1. The van der Waals surface area contributed by atoms with Gasteiger partial charge >= 0.3 is 0 Å². The molecule has 0 saturated heterocycles. The Morgan fingerprint density at radius 1 is 1.25 bits per heavy atom. The van der Waals surface area contributed by atoms with Crippen molar-refractivity contribution in [2.24, 2.45) is 5.73 Å². The van der Waals surface area contributed by atoms with Gasteiger partial charge < -0.3 is 10.5 Å². The molecular formula is C13H18N2O4S. The lowest BCUT2D eigenvalue weighted by Gasteiger charge is -2.12. The molecule has 1 amide bonds. The molecule has 0 atom stereocenters. The summed E-state index contributed by atoms with van der Waals surface area (Å²) in [5.41, 5.74) is 4.96. The lowest BCUT2D eigenvalue weighted by Crippen LogP contribution is -2.32. The van der Waals surface area contributed by atoms with Crippen molar-refractivity contribution < 1.29 is 17.9 Å². The number of rotatable bonds is 6. The molecule has 1 fully saturated rings. The van der Waals surface area contributed by atoms with Crippen molar-refractivity contribution in [3.8, 4) is 5.75 Å². The summed E-state index contributed by atoms with van der Waals surface area (Å²) in [7, 11) is -3.49. The lowest BCUT2D eigenvalue weighted by molar-refractivity contribution is -0.119. The van der Waals surface area contributed by atoms with Crippen molar-refractivity contribution in [1.82, 2.24) is 4.72 Å². The Kier molecular flexibility index (Phi) is 4.61. The number of carbonyl (C=O) groups excluding carboxylic acids is 1. The van der Waals surface area contributed by atoms with E-state index in [1.807, 2.05) is 0 Å². The number of amides is 1. The summed E-state index contributed by atoms with van der Waals surface area (Å²) in [4.78, 5) is 10.8. The molecule has 1 aliphatic rings. The van der Waals surface area contributed by atoms with Crippen LogP contribution < -0.4 is 15.2 Å². The van der Waals surface area contributed by atoms with Gasteiger partial charge in [-0.2, -0.15) is 0 Å². The van der Waals surface area contributed by atoms with Crippen LogP contribution >= 0.6 is 0 Å². The first-order chi connectivity index (χ1) is 9.47. The van der Waals surface area contributed by atoms with E-state index in [9.17, 15) is 13.2 Å². The fourth-order valence-electron chi connectivity index (χ4n) is 2.20. The highest BCUT2D eigenvalue weighted by molar-refractivity contribution is 7.89. The average Bonchev–Trinajstić information content (AvgIpc) is 2.89. The first-order valence-corrected chi connectivity index (χ1v) is 7.99. The van der Waals surface area contributed by atoms with Gasteiger partial charge in [0.2, 0.25) is 10.0 Å². The molecule has 1 aliphatic carbocycles. The maximum Gasteiger partial charge on any atom is 0.255 e. The highest BCUT2D eigenvalue weighted by Crippen LogP contribution is 2.21. The van der Waals surface area contributed by atoms with E-state index in [0.717, 1.165) is 25.7 Å². The van der Waals surface area contributed by atoms with Crippen LogP contribution in [0.15, 0.2) is 29.2 Å². The Morgan fingerprint density at radius 3 is 2.40 bits per heavy atom. The Hall–Kier alpha value is -1.60. The van der Waals surface area contributed by atoms with Crippen molar-refractivity contribution in [3.63, 3.8) is 0 Å². The molecule has 0 bridgehead atoms. The Balaban J connectivity index is 2.02. The monoisotopic (exact) mass is 298 g/mol. The molecule has 1 aromatic carbocycles. The summed E-state index contributed by atoms with van der Waals surface area (Å²) < 4.78 is 32.1. The second kappa shape index (κ2) is 6.23. The third-order valence-electron chi connectivity index (χ3n) is 3.19. The second-order valence-corrected chi connectivity index (χ2v) is 6.54. The van der Waals surface area contributed by atoms with Crippen molar-refractivity contribution in [1.29, 1.82) is 0 Å². The van der Waals surface area contributed by atoms with E-state index in [1.165, 1.54) is 24.3 Å². The van der Waals surface area contributed by atoms with Gasteiger partial charge in [-0.1, -0.05) is 12.8 Å². The van der Waals surface area contributed by atoms with Crippen LogP contribution in [0.25, 0.3) is 0 Å². The average molecular weight is 298 g/mol. The quantitative estimate of drug-likeness (QED) is 0.810. The van der Waals surface area contributed by atoms with E-state index in [4.69, 9.17) is 10.5 Å². The molecule has 1 saturated carbocycles. The fourth-order valence-corrected chi connectivity index (χ4v) is 3.51. The maximum atomic E-state index is 12.1. The fraction of sp³-hybridized carbons (Fsp3) is 0.462. The van der Waals surface area contributed by atoms with E-state index < -0.39 is 15.9 Å². The topological polar surface area (TPSA) is 98.5 Å². The number of sulfonamides is 1. The first kappa shape index (κ1) is 14.8. The van der Waals surface area contributed by atoms with Crippen LogP contribution in [-0.2, 0) is 14.8 Å². The molecule has 0 heterocycles. The molecule has 0 spiro atoms. The molecule has 20 heavy (non-hydrogen) atoms. The van der Waals surface area contributed by atoms with Gasteiger partial charge in [0.05, 0.1) is 4.90 Å².